The maximum absolute atomic E-state index is 13.5. The van der Waals surface area contributed by atoms with Crippen LogP contribution in [0.2, 0.25) is 0 Å². The number of nitrogens with zero attached hydrogens (tertiary/aromatic N) is 4. The Morgan fingerprint density at radius 3 is 2.38 bits per heavy atom. The van der Waals surface area contributed by atoms with Gasteiger partial charge in [0, 0.05) is 33.1 Å². The maximum atomic E-state index is 13.5. The summed E-state index contributed by atoms with van der Waals surface area (Å²) in [6.45, 7) is 5.01. The number of ether oxygens (including phenoxy) is 1. The van der Waals surface area contributed by atoms with Crippen molar-refractivity contribution in [3.63, 3.8) is 0 Å². The predicted octanol–water partition coefficient (Wildman–Crippen LogP) is 5.27. The van der Waals surface area contributed by atoms with Gasteiger partial charge in [-0.2, -0.15) is 9.29 Å². The van der Waals surface area contributed by atoms with Crippen molar-refractivity contribution in [1.29, 1.82) is 0 Å². The summed E-state index contributed by atoms with van der Waals surface area (Å²) in [6.07, 6.45) is 0.471. The molecule has 190 valence electrons. The highest BCUT2D eigenvalue weighted by Gasteiger charge is 2.32. The molecule has 1 aliphatic rings. The monoisotopic (exact) mass is 514 g/mol. The van der Waals surface area contributed by atoms with Crippen molar-refractivity contribution in [2.45, 2.75) is 38.3 Å². The molecule has 0 bridgehead atoms. The standard InChI is InChI=1S/C29H30N4O3S/c1-21-9-7-13-24(17-21)36-28-26-20-33(37(34,35)25-14-8-10-22(2)18-25)16-15-27(26)30-29(31-28)32(3)19-23-11-5-4-6-12-23/h4-14,17-18H,15-16,19-20H2,1-3H3. The van der Waals surface area contributed by atoms with Crippen molar-refractivity contribution < 1.29 is 13.2 Å². The minimum absolute atomic E-state index is 0.148. The summed E-state index contributed by atoms with van der Waals surface area (Å²) in [5.74, 6) is 1.58. The van der Waals surface area contributed by atoms with Gasteiger partial charge in [-0.05, 0) is 54.8 Å². The summed E-state index contributed by atoms with van der Waals surface area (Å²) in [7, 11) is -1.73. The fourth-order valence-electron chi connectivity index (χ4n) is 4.45. The molecule has 0 saturated heterocycles. The van der Waals surface area contributed by atoms with E-state index in [0.29, 0.717) is 42.7 Å². The lowest BCUT2D eigenvalue weighted by Crippen LogP contribution is -2.37. The van der Waals surface area contributed by atoms with Crippen molar-refractivity contribution in [1.82, 2.24) is 14.3 Å². The first-order valence-corrected chi connectivity index (χ1v) is 13.7. The van der Waals surface area contributed by atoms with E-state index in [9.17, 15) is 8.42 Å². The van der Waals surface area contributed by atoms with Crippen molar-refractivity contribution in [2.24, 2.45) is 0 Å². The molecule has 37 heavy (non-hydrogen) atoms. The second kappa shape index (κ2) is 10.3. The smallest absolute Gasteiger partial charge is 0.243 e. The van der Waals surface area contributed by atoms with Crippen molar-refractivity contribution >= 4 is 16.0 Å². The van der Waals surface area contributed by atoms with Gasteiger partial charge in [-0.15, -0.1) is 0 Å². The van der Waals surface area contributed by atoms with E-state index in [1.807, 2.05) is 74.3 Å². The zero-order chi connectivity index (χ0) is 26.0. The molecule has 0 atom stereocenters. The van der Waals surface area contributed by atoms with E-state index in [1.54, 1.807) is 18.2 Å². The zero-order valence-corrected chi connectivity index (χ0v) is 22.1. The molecule has 0 aliphatic carbocycles. The van der Waals surface area contributed by atoms with Gasteiger partial charge in [-0.3, -0.25) is 0 Å². The van der Waals surface area contributed by atoms with Crippen LogP contribution in [0.4, 0.5) is 5.95 Å². The molecule has 0 amide bonds. The van der Waals surface area contributed by atoms with Crippen LogP contribution in [0.15, 0.2) is 83.8 Å². The first kappa shape index (κ1) is 24.9. The molecule has 7 nitrogen and oxygen atoms in total. The first-order valence-electron chi connectivity index (χ1n) is 12.3. The van der Waals surface area contributed by atoms with E-state index >= 15 is 0 Å². The molecular formula is C29H30N4O3S. The summed E-state index contributed by atoms with van der Waals surface area (Å²) in [5.41, 5.74) is 4.61. The number of anilines is 1. The highest BCUT2D eigenvalue weighted by molar-refractivity contribution is 7.89. The van der Waals surface area contributed by atoms with Crippen LogP contribution >= 0.6 is 0 Å². The molecule has 0 unspecified atom stereocenters. The van der Waals surface area contributed by atoms with E-state index in [2.05, 4.69) is 12.1 Å². The third-order valence-corrected chi connectivity index (χ3v) is 8.25. The van der Waals surface area contributed by atoms with Crippen molar-refractivity contribution in [2.75, 3.05) is 18.5 Å². The number of hydrogen-bond acceptors (Lipinski definition) is 6. The molecule has 5 rings (SSSR count). The van der Waals surface area contributed by atoms with Crippen molar-refractivity contribution in [3.8, 4) is 11.6 Å². The molecule has 1 aromatic heterocycles. The van der Waals surface area contributed by atoms with E-state index in [4.69, 9.17) is 14.7 Å². The Balaban J connectivity index is 1.51. The van der Waals surface area contributed by atoms with Crippen LogP contribution in [-0.2, 0) is 29.5 Å². The average Bonchev–Trinajstić information content (AvgIpc) is 2.89. The number of aromatic nitrogens is 2. The van der Waals surface area contributed by atoms with Gasteiger partial charge < -0.3 is 9.64 Å². The Kier molecular flexibility index (Phi) is 6.95. The molecule has 0 saturated carbocycles. The lowest BCUT2D eigenvalue weighted by Gasteiger charge is -2.29. The SMILES string of the molecule is Cc1cccc(Oc2nc(N(C)Cc3ccccc3)nc3c2CN(S(=O)(=O)c2cccc(C)c2)CC3)c1. The molecule has 0 spiro atoms. The van der Waals surface area contributed by atoms with Crippen LogP contribution in [0.1, 0.15) is 27.9 Å². The lowest BCUT2D eigenvalue weighted by atomic mass is 10.1. The van der Waals surface area contributed by atoms with Crippen LogP contribution < -0.4 is 9.64 Å². The van der Waals surface area contributed by atoms with Crippen LogP contribution in [0.3, 0.4) is 0 Å². The van der Waals surface area contributed by atoms with Gasteiger partial charge in [-0.1, -0.05) is 54.6 Å². The highest BCUT2D eigenvalue weighted by Crippen LogP contribution is 2.33. The second-order valence-electron chi connectivity index (χ2n) is 9.42. The van der Waals surface area contributed by atoms with Crippen molar-refractivity contribution in [3.05, 3.63) is 107 Å². The van der Waals surface area contributed by atoms with Crippen LogP contribution in [0, 0.1) is 13.8 Å². The number of fused-ring (bicyclic) bond motifs is 1. The number of aryl methyl sites for hydroxylation is 2. The van der Waals surface area contributed by atoms with Gasteiger partial charge >= 0.3 is 0 Å². The van der Waals surface area contributed by atoms with Gasteiger partial charge in [0.15, 0.2) is 0 Å². The van der Waals surface area contributed by atoms with Crippen LogP contribution in [0.25, 0.3) is 0 Å². The Morgan fingerprint density at radius 2 is 1.65 bits per heavy atom. The summed E-state index contributed by atoms with van der Waals surface area (Å²) >= 11 is 0. The molecule has 1 aliphatic heterocycles. The molecule has 4 aromatic rings. The molecule has 3 aromatic carbocycles. The van der Waals surface area contributed by atoms with Gasteiger partial charge in [0.25, 0.3) is 0 Å². The number of rotatable bonds is 7. The van der Waals surface area contributed by atoms with Gasteiger partial charge in [0.2, 0.25) is 21.9 Å². The Hall–Kier alpha value is -3.75. The van der Waals surface area contributed by atoms with Gasteiger partial charge in [-0.25, -0.2) is 13.4 Å². The van der Waals surface area contributed by atoms with E-state index in [0.717, 1.165) is 22.4 Å². The van der Waals surface area contributed by atoms with Crippen LogP contribution in [0.5, 0.6) is 11.6 Å². The zero-order valence-electron chi connectivity index (χ0n) is 21.3. The summed E-state index contributed by atoms with van der Waals surface area (Å²) in [5, 5.41) is 0. The topological polar surface area (TPSA) is 75.6 Å². The predicted molar refractivity (Wildman–Crippen MR) is 144 cm³/mol. The fraction of sp³-hybridized carbons (Fsp3) is 0.241. The maximum Gasteiger partial charge on any atom is 0.243 e. The van der Waals surface area contributed by atoms with Gasteiger partial charge in [0.1, 0.15) is 5.75 Å². The Labute approximate surface area is 218 Å². The fourth-order valence-corrected chi connectivity index (χ4v) is 5.96. The summed E-state index contributed by atoms with van der Waals surface area (Å²) < 4.78 is 34.7. The molecule has 0 N–H and O–H groups in total. The minimum atomic E-state index is -3.68. The summed E-state index contributed by atoms with van der Waals surface area (Å²) in [4.78, 5) is 11.9. The Morgan fingerprint density at radius 1 is 0.919 bits per heavy atom. The van der Waals surface area contributed by atoms with Gasteiger partial charge in [0.05, 0.1) is 16.2 Å². The molecule has 0 radical (unpaired) electrons. The molecule has 8 heteroatoms. The summed E-state index contributed by atoms with van der Waals surface area (Å²) in [6, 6.07) is 24.9. The second-order valence-corrected chi connectivity index (χ2v) is 11.4. The average molecular weight is 515 g/mol. The molecule has 2 heterocycles. The van der Waals surface area contributed by atoms with E-state index < -0.39 is 10.0 Å². The third-order valence-electron chi connectivity index (χ3n) is 6.41. The lowest BCUT2D eigenvalue weighted by molar-refractivity contribution is 0.369. The van der Waals surface area contributed by atoms with Crippen LogP contribution in [-0.4, -0.2) is 36.3 Å². The number of sulfonamides is 1. The third kappa shape index (κ3) is 5.50. The minimum Gasteiger partial charge on any atom is -0.438 e. The first-order chi connectivity index (χ1) is 17.8. The quantitative estimate of drug-likeness (QED) is 0.335. The molecular weight excluding hydrogens is 484 g/mol. The molecule has 0 fully saturated rings. The van der Waals surface area contributed by atoms with E-state index in [-0.39, 0.29) is 11.4 Å². The largest absolute Gasteiger partial charge is 0.438 e. The highest BCUT2D eigenvalue weighted by atomic mass is 32.2. The number of benzene rings is 3. The number of hydrogen-bond donors (Lipinski definition) is 0. The Bertz CT molecular complexity index is 1520. The van der Waals surface area contributed by atoms with E-state index in [1.165, 1.54) is 4.31 Å². The normalized spacial score (nSPS) is 13.7.